The van der Waals surface area contributed by atoms with E-state index in [1.165, 1.54) is 7.11 Å². The van der Waals surface area contributed by atoms with E-state index < -0.39 is 13.0 Å². The molecule has 1 N–H and O–H groups in total. The topological polar surface area (TPSA) is 63.0 Å². The van der Waals surface area contributed by atoms with Crippen LogP contribution in [0.5, 0.6) is 0 Å². The summed E-state index contributed by atoms with van der Waals surface area (Å²) < 4.78 is 10.2. The second-order valence-corrected chi connectivity index (χ2v) is 10.2. The highest BCUT2D eigenvalue weighted by molar-refractivity contribution is 7.87. The van der Waals surface area contributed by atoms with E-state index in [0.717, 1.165) is 21.6 Å². The number of hydrazone groups is 1. The zero-order chi connectivity index (χ0) is 22.9. The lowest BCUT2D eigenvalue weighted by Gasteiger charge is -2.26. The highest BCUT2D eigenvalue weighted by Gasteiger charge is 2.29. The molecular weight excluding hydrogens is 429 g/mol. The highest BCUT2D eigenvalue weighted by atomic mass is 31.2. The molecule has 0 saturated heterocycles. The van der Waals surface area contributed by atoms with Crippen LogP contribution in [0.2, 0.25) is 0 Å². The molecule has 4 aromatic carbocycles. The number of methoxy groups -OCH3 is 1. The molecule has 0 amide bonds. The molecule has 5 nitrogen and oxygen atoms in total. The first kappa shape index (κ1) is 22.3. The van der Waals surface area contributed by atoms with Gasteiger partial charge in [0.15, 0.2) is 0 Å². The highest BCUT2D eigenvalue weighted by Crippen LogP contribution is 2.46. The van der Waals surface area contributed by atoms with E-state index in [-0.39, 0.29) is 5.84 Å². The van der Waals surface area contributed by atoms with Crippen molar-refractivity contribution in [1.82, 2.24) is 0 Å². The number of ether oxygens (including phenoxy) is 1. The van der Waals surface area contributed by atoms with Gasteiger partial charge >= 0.3 is 5.97 Å². The van der Waals surface area contributed by atoms with Gasteiger partial charge in [-0.25, -0.2) is 9.54 Å². The number of carbonyl (C=O) groups excluding carboxylic acids is 1. The Labute approximate surface area is 193 Å². The largest absolute Gasteiger partial charge is 0.463 e. The van der Waals surface area contributed by atoms with Gasteiger partial charge in [0.1, 0.15) is 0 Å². The average molecular weight is 453 g/mol. The Kier molecular flexibility index (Phi) is 7.13. The van der Waals surface area contributed by atoms with E-state index in [4.69, 9.17) is 9.48 Å². The van der Waals surface area contributed by atoms with Crippen molar-refractivity contribution in [2.24, 2.45) is 9.85 Å². The summed E-state index contributed by atoms with van der Waals surface area (Å²) in [5.41, 5.74) is 3.70. The normalized spacial score (nSPS) is 11.5. The van der Waals surface area contributed by atoms with Crippen LogP contribution in [0.25, 0.3) is 0 Å². The first-order valence-electron chi connectivity index (χ1n) is 10.5. The minimum Gasteiger partial charge on any atom is -0.463 e. The maximum atomic E-state index is 12.8. The van der Waals surface area contributed by atoms with E-state index in [1.54, 1.807) is 0 Å². The van der Waals surface area contributed by atoms with Gasteiger partial charge in [-0.3, -0.25) is 5.43 Å². The second-order valence-electron chi connectivity index (χ2n) is 7.15. The molecule has 33 heavy (non-hydrogen) atoms. The summed E-state index contributed by atoms with van der Waals surface area (Å²) in [6.07, 6.45) is 0. The van der Waals surface area contributed by atoms with Gasteiger partial charge in [0, 0.05) is 15.9 Å². The number of carbonyl (C=O) groups is 1. The summed E-state index contributed by atoms with van der Waals surface area (Å²) in [5.74, 6) is -0.628. The predicted octanol–water partition coefficient (Wildman–Crippen LogP) is 4.76. The number of hydrogen-bond donors (Lipinski definition) is 1. The van der Waals surface area contributed by atoms with Gasteiger partial charge in [0.25, 0.3) is 5.84 Å². The smallest absolute Gasteiger partial charge is 0.377 e. The van der Waals surface area contributed by atoms with Crippen molar-refractivity contribution in [2.45, 2.75) is 0 Å². The molecule has 0 bridgehead atoms. The molecule has 6 heteroatoms. The van der Waals surface area contributed by atoms with Crippen LogP contribution in [0, 0.1) is 0 Å². The van der Waals surface area contributed by atoms with E-state index in [2.05, 4.69) is 46.9 Å². The maximum Gasteiger partial charge on any atom is 0.377 e. The standard InChI is InChI=1S/C27H24N3O2P/c1-32-27(31)26(29-28-22-14-6-2-7-15-22)30-33(23-16-8-3-9-17-23,24-18-10-4-11-19-24)25-20-12-5-13-21-25/h2-21,28H,1H3/b29-26+. The quantitative estimate of drug-likeness (QED) is 0.156. The van der Waals surface area contributed by atoms with Crippen LogP contribution in [0.4, 0.5) is 5.69 Å². The molecule has 0 aliphatic rings. The van der Waals surface area contributed by atoms with Gasteiger partial charge < -0.3 is 4.74 Å². The number of anilines is 1. The lowest BCUT2D eigenvalue weighted by atomic mass is 10.3. The minimum atomic E-state index is -2.64. The number of benzene rings is 4. The first-order valence-corrected chi connectivity index (χ1v) is 12.2. The Morgan fingerprint density at radius 2 is 1.06 bits per heavy atom. The Hall–Kier alpha value is -3.95. The number of rotatable bonds is 5. The van der Waals surface area contributed by atoms with Gasteiger partial charge in [-0.2, -0.15) is 0 Å². The van der Waals surface area contributed by atoms with Crippen LogP contribution in [-0.2, 0) is 9.53 Å². The third-order valence-corrected chi connectivity index (χ3v) is 8.69. The van der Waals surface area contributed by atoms with Crippen molar-refractivity contribution in [3.8, 4) is 0 Å². The van der Waals surface area contributed by atoms with Gasteiger partial charge in [-0.05, 0) is 12.1 Å². The summed E-state index contributed by atoms with van der Waals surface area (Å²) in [5, 5.41) is 7.42. The van der Waals surface area contributed by atoms with E-state index in [9.17, 15) is 4.79 Å². The molecule has 0 fully saturated rings. The zero-order valence-electron chi connectivity index (χ0n) is 18.2. The molecule has 4 aromatic rings. The number of para-hydroxylation sites is 1. The summed E-state index contributed by atoms with van der Waals surface area (Å²) in [6.45, 7) is 0. The molecule has 0 aliphatic carbocycles. The number of esters is 1. The third kappa shape index (κ3) is 4.94. The van der Waals surface area contributed by atoms with Crippen LogP contribution >= 0.6 is 7.05 Å². The van der Waals surface area contributed by atoms with Crippen molar-refractivity contribution >= 4 is 40.5 Å². The molecule has 0 radical (unpaired) electrons. The van der Waals surface area contributed by atoms with Crippen molar-refractivity contribution in [3.05, 3.63) is 121 Å². The van der Waals surface area contributed by atoms with Crippen LogP contribution in [-0.4, -0.2) is 18.9 Å². The summed E-state index contributed by atoms with van der Waals surface area (Å²) in [7, 11) is -1.31. The molecule has 0 aromatic heterocycles. The maximum absolute atomic E-state index is 12.8. The monoisotopic (exact) mass is 453 g/mol. The Morgan fingerprint density at radius 1 is 0.667 bits per heavy atom. The molecule has 0 unspecified atom stereocenters. The minimum absolute atomic E-state index is 0.0220. The fourth-order valence-corrected chi connectivity index (χ4v) is 6.99. The van der Waals surface area contributed by atoms with Crippen LogP contribution < -0.4 is 21.3 Å². The molecule has 0 atom stereocenters. The SMILES string of the molecule is COC(=O)/C(N=P(c1ccccc1)(c1ccccc1)c1ccccc1)=N\Nc1ccccc1. The predicted molar refractivity (Wildman–Crippen MR) is 137 cm³/mol. The van der Waals surface area contributed by atoms with Crippen LogP contribution in [0.3, 0.4) is 0 Å². The summed E-state index contributed by atoms with van der Waals surface area (Å²) in [4.78, 5) is 12.8. The molecule has 0 saturated carbocycles. The van der Waals surface area contributed by atoms with E-state index in [1.807, 2.05) is 84.9 Å². The van der Waals surface area contributed by atoms with Gasteiger partial charge in [-0.1, -0.05) is 109 Å². The van der Waals surface area contributed by atoms with E-state index >= 15 is 0 Å². The summed E-state index contributed by atoms with van der Waals surface area (Å²) in [6, 6.07) is 39.6. The van der Waals surface area contributed by atoms with Crippen molar-refractivity contribution in [2.75, 3.05) is 12.5 Å². The Bertz CT molecular complexity index is 1170. The lowest BCUT2D eigenvalue weighted by Crippen LogP contribution is -2.27. The van der Waals surface area contributed by atoms with Crippen molar-refractivity contribution in [1.29, 1.82) is 0 Å². The van der Waals surface area contributed by atoms with Crippen molar-refractivity contribution < 1.29 is 9.53 Å². The second kappa shape index (κ2) is 10.6. The molecule has 0 spiro atoms. The Balaban J connectivity index is 2.02. The summed E-state index contributed by atoms with van der Waals surface area (Å²) >= 11 is 0. The molecular formula is C27H24N3O2P. The zero-order valence-corrected chi connectivity index (χ0v) is 19.1. The van der Waals surface area contributed by atoms with Crippen LogP contribution in [0.15, 0.2) is 131 Å². The molecule has 0 heterocycles. The molecule has 4 rings (SSSR count). The number of nitrogens with one attached hydrogen (secondary N) is 1. The van der Waals surface area contributed by atoms with E-state index in [0.29, 0.717) is 0 Å². The van der Waals surface area contributed by atoms with Crippen molar-refractivity contribution in [3.63, 3.8) is 0 Å². The first-order chi connectivity index (χ1) is 16.2. The number of amidine groups is 1. The Morgan fingerprint density at radius 3 is 1.45 bits per heavy atom. The van der Waals surface area contributed by atoms with Crippen LogP contribution in [0.1, 0.15) is 0 Å². The average Bonchev–Trinajstić information content (AvgIpc) is 2.91. The lowest BCUT2D eigenvalue weighted by molar-refractivity contribution is -0.132. The molecule has 0 aliphatic heterocycles. The fraction of sp³-hybridized carbons (Fsp3) is 0.0370. The van der Waals surface area contributed by atoms with Gasteiger partial charge in [0.05, 0.1) is 19.9 Å². The molecule has 164 valence electrons. The van der Waals surface area contributed by atoms with Gasteiger partial charge in [0.2, 0.25) is 0 Å². The number of nitrogens with zero attached hydrogens (tertiary/aromatic N) is 2. The third-order valence-electron chi connectivity index (χ3n) is 5.07. The van der Waals surface area contributed by atoms with Gasteiger partial charge in [-0.15, -0.1) is 5.10 Å². The fourth-order valence-electron chi connectivity index (χ4n) is 3.52. The number of hydrogen-bond acceptors (Lipinski definition) is 4.